The van der Waals surface area contributed by atoms with E-state index < -0.39 is 0 Å². The zero-order valence-corrected chi connectivity index (χ0v) is 17.6. The minimum Gasteiger partial charge on any atom is -0.371 e. The first-order valence-electron chi connectivity index (χ1n) is 10.9. The van der Waals surface area contributed by atoms with Crippen molar-refractivity contribution in [3.8, 4) is 22.6 Å². The van der Waals surface area contributed by atoms with Crippen molar-refractivity contribution in [1.82, 2.24) is 25.1 Å². The van der Waals surface area contributed by atoms with Crippen LogP contribution in [0.1, 0.15) is 25.7 Å². The van der Waals surface area contributed by atoms with Gasteiger partial charge in [0.2, 0.25) is 5.95 Å². The summed E-state index contributed by atoms with van der Waals surface area (Å²) in [7, 11) is 0. The number of nitrogens with one attached hydrogen (secondary N) is 2. The number of H-pyrrole nitrogens is 1. The third-order valence-corrected chi connectivity index (χ3v) is 5.64. The van der Waals surface area contributed by atoms with Crippen molar-refractivity contribution >= 4 is 17.3 Å². The van der Waals surface area contributed by atoms with Crippen molar-refractivity contribution in [2.45, 2.75) is 25.7 Å². The van der Waals surface area contributed by atoms with E-state index in [9.17, 15) is 4.39 Å². The van der Waals surface area contributed by atoms with Gasteiger partial charge in [-0.1, -0.05) is 12.8 Å². The van der Waals surface area contributed by atoms with Crippen LogP contribution in [0.15, 0.2) is 61.1 Å². The van der Waals surface area contributed by atoms with Crippen molar-refractivity contribution in [3.05, 3.63) is 66.9 Å². The molecule has 0 amide bonds. The molecule has 4 aromatic rings. The summed E-state index contributed by atoms with van der Waals surface area (Å²) in [5, 5.41) is 11.0. The standard InChI is InChI=1S/C24H24FN7/c25-19-13-18(14-21(15-19)32-11-3-1-2-4-12-32)22-9-10-26-24(30-22)29-20-7-5-17(6-8-20)23-27-16-28-31-23/h5-10,13-16H,1-4,11-12H2,(H,26,29,30)(H,27,28,31). The number of aromatic nitrogens is 5. The molecule has 7 nitrogen and oxygen atoms in total. The van der Waals surface area contributed by atoms with E-state index in [2.05, 4.69) is 35.4 Å². The van der Waals surface area contributed by atoms with Gasteiger partial charge in [-0.3, -0.25) is 0 Å². The van der Waals surface area contributed by atoms with Crippen LogP contribution in [0, 0.1) is 5.82 Å². The normalized spacial score (nSPS) is 14.2. The smallest absolute Gasteiger partial charge is 0.227 e. The van der Waals surface area contributed by atoms with Crippen molar-refractivity contribution in [2.24, 2.45) is 0 Å². The molecule has 162 valence electrons. The predicted octanol–water partition coefficient (Wildman–Crippen LogP) is 5.19. The van der Waals surface area contributed by atoms with Gasteiger partial charge in [0.1, 0.15) is 12.1 Å². The average molecular weight is 430 g/mol. The van der Waals surface area contributed by atoms with Crippen LogP contribution < -0.4 is 10.2 Å². The lowest BCUT2D eigenvalue weighted by Gasteiger charge is -2.23. The molecule has 0 unspecified atom stereocenters. The highest BCUT2D eigenvalue weighted by Gasteiger charge is 2.13. The molecule has 1 fully saturated rings. The molecule has 0 bridgehead atoms. The fourth-order valence-corrected chi connectivity index (χ4v) is 4.00. The predicted molar refractivity (Wildman–Crippen MR) is 123 cm³/mol. The first-order valence-corrected chi connectivity index (χ1v) is 10.9. The molecule has 32 heavy (non-hydrogen) atoms. The highest BCUT2D eigenvalue weighted by atomic mass is 19.1. The Balaban J connectivity index is 1.37. The average Bonchev–Trinajstić information content (AvgIpc) is 3.21. The van der Waals surface area contributed by atoms with Crippen LogP contribution in [-0.2, 0) is 0 Å². The monoisotopic (exact) mass is 429 g/mol. The van der Waals surface area contributed by atoms with Gasteiger partial charge in [0, 0.05) is 41.8 Å². The quantitative estimate of drug-likeness (QED) is 0.454. The Morgan fingerprint density at radius 2 is 1.72 bits per heavy atom. The zero-order chi connectivity index (χ0) is 21.8. The molecule has 3 heterocycles. The van der Waals surface area contributed by atoms with E-state index >= 15 is 0 Å². The largest absolute Gasteiger partial charge is 0.371 e. The van der Waals surface area contributed by atoms with Gasteiger partial charge in [0.15, 0.2) is 5.82 Å². The molecular formula is C24H24FN7. The van der Waals surface area contributed by atoms with E-state index in [1.165, 1.54) is 18.9 Å². The molecule has 0 spiro atoms. The Morgan fingerprint density at radius 1 is 0.906 bits per heavy atom. The Labute approximate surface area is 185 Å². The minimum atomic E-state index is -0.252. The molecule has 0 aliphatic carbocycles. The van der Waals surface area contributed by atoms with Crippen LogP contribution in [0.25, 0.3) is 22.6 Å². The summed E-state index contributed by atoms with van der Waals surface area (Å²) in [5.74, 6) is 0.912. The summed E-state index contributed by atoms with van der Waals surface area (Å²) in [6.07, 6.45) is 7.98. The van der Waals surface area contributed by atoms with E-state index in [1.807, 2.05) is 30.3 Å². The summed E-state index contributed by atoms with van der Waals surface area (Å²) >= 11 is 0. The highest BCUT2D eigenvalue weighted by molar-refractivity contribution is 5.68. The molecule has 1 saturated heterocycles. The van der Waals surface area contributed by atoms with E-state index in [4.69, 9.17) is 0 Å². The van der Waals surface area contributed by atoms with Crippen molar-refractivity contribution in [3.63, 3.8) is 0 Å². The second-order valence-electron chi connectivity index (χ2n) is 7.90. The number of halogens is 1. The first kappa shape index (κ1) is 20.1. The Bertz CT molecular complexity index is 1170. The number of benzene rings is 2. The van der Waals surface area contributed by atoms with Gasteiger partial charge in [0.25, 0.3) is 0 Å². The van der Waals surface area contributed by atoms with Crippen LogP contribution in [0.3, 0.4) is 0 Å². The number of hydrogen-bond acceptors (Lipinski definition) is 6. The minimum absolute atomic E-state index is 0.252. The van der Waals surface area contributed by atoms with E-state index in [0.29, 0.717) is 17.5 Å². The Hall–Kier alpha value is -3.81. The molecule has 2 N–H and O–H groups in total. The maximum absolute atomic E-state index is 14.5. The summed E-state index contributed by atoms with van der Waals surface area (Å²) in [6, 6.07) is 14.7. The third kappa shape index (κ3) is 4.59. The Morgan fingerprint density at radius 3 is 2.47 bits per heavy atom. The number of aromatic amines is 1. The second-order valence-corrected chi connectivity index (χ2v) is 7.90. The van der Waals surface area contributed by atoms with Gasteiger partial charge >= 0.3 is 0 Å². The van der Waals surface area contributed by atoms with Gasteiger partial charge in [-0.05, 0) is 61.4 Å². The summed E-state index contributed by atoms with van der Waals surface area (Å²) in [5.41, 5.74) is 4.11. The third-order valence-electron chi connectivity index (χ3n) is 5.64. The molecule has 8 heteroatoms. The number of rotatable bonds is 5. The van der Waals surface area contributed by atoms with Gasteiger partial charge in [0.05, 0.1) is 5.69 Å². The van der Waals surface area contributed by atoms with Crippen LogP contribution in [0.2, 0.25) is 0 Å². The van der Waals surface area contributed by atoms with Gasteiger partial charge in [-0.2, -0.15) is 0 Å². The van der Waals surface area contributed by atoms with Crippen molar-refractivity contribution < 1.29 is 4.39 Å². The summed E-state index contributed by atoms with van der Waals surface area (Å²) in [4.78, 5) is 14.2. The fraction of sp³-hybridized carbons (Fsp3) is 0.250. The van der Waals surface area contributed by atoms with Crippen LogP contribution in [-0.4, -0.2) is 38.2 Å². The van der Waals surface area contributed by atoms with Crippen molar-refractivity contribution in [1.29, 1.82) is 0 Å². The molecule has 0 saturated carbocycles. The van der Waals surface area contributed by atoms with E-state index in [1.54, 1.807) is 24.7 Å². The molecule has 5 rings (SSSR count). The lowest BCUT2D eigenvalue weighted by atomic mass is 10.1. The van der Waals surface area contributed by atoms with E-state index in [0.717, 1.165) is 48.4 Å². The molecule has 2 aromatic heterocycles. The van der Waals surface area contributed by atoms with Crippen molar-refractivity contribution in [2.75, 3.05) is 23.3 Å². The topological polar surface area (TPSA) is 82.6 Å². The fourth-order valence-electron chi connectivity index (χ4n) is 4.00. The maximum Gasteiger partial charge on any atom is 0.227 e. The second kappa shape index (κ2) is 9.13. The maximum atomic E-state index is 14.5. The molecule has 2 aromatic carbocycles. The first-order chi connectivity index (χ1) is 15.7. The molecule has 0 atom stereocenters. The van der Waals surface area contributed by atoms with Crippen LogP contribution in [0.5, 0.6) is 0 Å². The zero-order valence-electron chi connectivity index (χ0n) is 17.6. The van der Waals surface area contributed by atoms with Gasteiger partial charge in [-0.15, -0.1) is 10.2 Å². The lowest BCUT2D eigenvalue weighted by Crippen LogP contribution is -2.23. The lowest BCUT2D eigenvalue weighted by molar-refractivity contribution is 0.626. The summed E-state index contributed by atoms with van der Waals surface area (Å²) in [6.45, 7) is 1.92. The Kier molecular flexibility index (Phi) is 5.74. The van der Waals surface area contributed by atoms with Gasteiger partial charge < -0.3 is 15.2 Å². The van der Waals surface area contributed by atoms with E-state index in [-0.39, 0.29) is 5.82 Å². The highest BCUT2D eigenvalue weighted by Crippen LogP contribution is 2.28. The number of anilines is 3. The summed E-state index contributed by atoms with van der Waals surface area (Å²) < 4.78 is 14.5. The number of hydrogen-bond donors (Lipinski definition) is 2. The van der Waals surface area contributed by atoms with Crippen LogP contribution >= 0.6 is 0 Å². The molecule has 1 aliphatic rings. The van der Waals surface area contributed by atoms with Crippen LogP contribution in [0.4, 0.5) is 21.7 Å². The SMILES string of the molecule is Fc1cc(-c2ccnc(Nc3ccc(-c4nnc[nH]4)cc3)n2)cc(N2CCCCCC2)c1. The number of nitrogens with zero attached hydrogens (tertiary/aromatic N) is 5. The molecular weight excluding hydrogens is 405 g/mol. The van der Waals surface area contributed by atoms with Gasteiger partial charge in [-0.25, -0.2) is 14.4 Å². The molecule has 1 aliphatic heterocycles. The molecule has 0 radical (unpaired) electrons.